The summed E-state index contributed by atoms with van der Waals surface area (Å²) in [5, 5.41) is 14.8. The van der Waals surface area contributed by atoms with Gasteiger partial charge in [0, 0.05) is 58.7 Å². The molecule has 0 atom stereocenters. The number of carbonyl (C=O) groups excluding carboxylic acids is 1. The van der Waals surface area contributed by atoms with E-state index in [1.165, 1.54) is 0 Å². The standard InChI is InChI=1S/C18H28N6O3/c1-14-12-15(22-27-14)13-24-9-5-18(6-10-24,17(25)19-7-11-26-3)20-16-4-8-23(2)21-16/h4,8,12H,5-7,9-11,13H2,1-3H3,(H,19,25)(H,20,21). The molecule has 9 heteroatoms. The highest BCUT2D eigenvalue weighted by molar-refractivity contribution is 5.89. The largest absolute Gasteiger partial charge is 0.383 e. The summed E-state index contributed by atoms with van der Waals surface area (Å²) in [5.41, 5.74) is 0.237. The van der Waals surface area contributed by atoms with Gasteiger partial charge in [-0.15, -0.1) is 0 Å². The van der Waals surface area contributed by atoms with Crippen molar-refractivity contribution in [1.29, 1.82) is 0 Å². The van der Waals surface area contributed by atoms with E-state index in [0.717, 1.165) is 31.1 Å². The summed E-state index contributed by atoms with van der Waals surface area (Å²) < 4.78 is 11.9. The van der Waals surface area contributed by atoms with Gasteiger partial charge in [0.2, 0.25) is 5.91 Å². The smallest absolute Gasteiger partial charge is 0.245 e. The van der Waals surface area contributed by atoms with Gasteiger partial charge < -0.3 is 19.9 Å². The molecule has 148 valence electrons. The Hall–Kier alpha value is -2.39. The van der Waals surface area contributed by atoms with Crippen LogP contribution >= 0.6 is 0 Å². The highest BCUT2D eigenvalue weighted by Gasteiger charge is 2.41. The van der Waals surface area contributed by atoms with Crippen LogP contribution in [0.3, 0.4) is 0 Å². The average Bonchev–Trinajstić information content (AvgIpc) is 3.24. The average molecular weight is 376 g/mol. The number of methoxy groups -OCH3 is 1. The van der Waals surface area contributed by atoms with Gasteiger partial charge in [-0.2, -0.15) is 5.10 Å². The Labute approximate surface area is 159 Å². The molecule has 1 aliphatic rings. The Morgan fingerprint density at radius 1 is 1.41 bits per heavy atom. The number of ether oxygens (including phenoxy) is 1. The molecule has 0 unspecified atom stereocenters. The maximum absolute atomic E-state index is 13.0. The molecule has 2 aromatic heterocycles. The zero-order chi connectivity index (χ0) is 19.3. The Morgan fingerprint density at radius 2 is 2.19 bits per heavy atom. The summed E-state index contributed by atoms with van der Waals surface area (Å²) in [7, 11) is 3.48. The van der Waals surface area contributed by atoms with Crippen molar-refractivity contribution >= 4 is 11.7 Å². The van der Waals surface area contributed by atoms with Crippen molar-refractivity contribution in [2.75, 3.05) is 38.7 Å². The number of nitrogens with one attached hydrogen (secondary N) is 2. The van der Waals surface area contributed by atoms with Crippen LogP contribution < -0.4 is 10.6 Å². The predicted octanol–water partition coefficient (Wildman–Crippen LogP) is 0.926. The number of aryl methyl sites for hydroxylation is 2. The van der Waals surface area contributed by atoms with Crippen LogP contribution in [0.5, 0.6) is 0 Å². The van der Waals surface area contributed by atoms with E-state index in [1.54, 1.807) is 11.8 Å². The lowest BCUT2D eigenvalue weighted by atomic mass is 9.86. The van der Waals surface area contributed by atoms with Gasteiger partial charge in [-0.1, -0.05) is 5.16 Å². The third-order valence-electron chi connectivity index (χ3n) is 4.88. The van der Waals surface area contributed by atoms with Gasteiger partial charge in [-0.3, -0.25) is 14.4 Å². The van der Waals surface area contributed by atoms with Crippen LogP contribution in [0.25, 0.3) is 0 Å². The van der Waals surface area contributed by atoms with E-state index >= 15 is 0 Å². The Balaban J connectivity index is 1.66. The minimum absolute atomic E-state index is 0.0119. The van der Waals surface area contributed by atoms with Crippen molar-refractivity contribution in [2.24, 2.45) is 7.05 Å². The van der Waals surface area contributed by atoms with Crippen molar-refractivity contribution in [3.8, 4) is 0 Å². The quantitative estimate of drug-likeness (QED) is 0.661. The Kier molecular flexibility index (Phi) is 6.12. The lowest BCUT2D eigenvalue weighted by Crippen LogP contribution is -2.58. The number of anilines is 1. The molecular weight excluding hydrogens is 348 g/mol. The number of aromatic nitrogens is 3. The summed E-state index contributed by atoms with van der Waals surface area (Å²) in [5.74, 6) is 1.51. The molecule has 2 aromatic rings. The van der Waals surface area contributed by atoms with Crippen molar-refractivity contribution in [1.82, 2.24) is 25.2 Å². The molecule has 1 amide bonds. The molecule has 0 radical (unpaired) electrons. The van der Waals surface area contributed by atoms with Gasteiger partial charge in [0.1, 0.15) is 17.1 Å². The second-order valence-electron chi connectivity index (χ2n) is 7.04. The molecule has 9 nitrogen and oxygen atoms in total. The normalized spacial score (nSPS) is 17.0. The van der Waals surface area contributed by atoms with Crippen molar-refractivity contribution < 1.29 is 14.1 Å². The molecule has 0 spiro atoms. The number of carbonyl (C=O) groups is 1. The molecule has 27 heavy (non-hydrogen) atoms. The highest BCUT2D eigenvalue weighted by atomic mass is 16.5. The molecule has 0 aliphatic carbocycles. The van der Waals surface area contributed by atoms with E-state index in [9.17, 15) is 4.79 Å². The first-order valence-electron chi connectivity index (χ1n) is 9.20. The molecule has 2 N–H and O–H groups in total. The zero-order valence-corrected chi connectivity index (χ0v) is 16.2. The first-order chi connectivity index (χ1) is 13.0. The fourth-order valence-electron chi connectivity index (χ4n) is 3.39. The number of rotatable bonds is 8. The van der Waals surface area contributed by atoms with Gasteiger partial charge in [-0.25, -0.2) is 0 Å². The Bertz CT molecular complexity index is 748. The van der Waals surface area contributed by atoms with E-state index in [2.05, 4.69) is 25.8 Å². The van der Waals surface area contributed by atoms with Crippen LogP contribution in [0.2, 0.25) is 0 Å². The fraction of sp³-hybridized carbons (Fsp3) is 0.611. The van der Waals surface area contributed by atoms with Gasteiger partial charge in [0.15, 0.2) is 0 Å². The van der Waals surface area contributed by atoms with Crippen LogP contribution in [0.1, 0.15) is 24.3 Å². The maximum atomic E-state index is 13.0. The first-order valence-corrected chi connectivity index (χ1v) is 9.20. The van der Waals surface area contributed by atoms with E-state index in [4.69, 9.17) is 9.26 Å². The molecular formula is C18H28N6O3. The van der Waals surface area contributed by atoms with Crippen molar-refractivity contribution in [3.63, 3.8) is 0 Å². The topological polar surface area (TPSA) is 97.5 Å². The number of amides is 1. The molecule has 3 heterocycles. The molecule has 1 aliphatic heterocycles. The molecule has 3 rings (SSSR count). The van der Waals surface area contributed by atoms with Crippen LogP contribution in [0.4, 0.5) is 5.82 Å². The second-order valence-corrected chi connectivity index (χ2v) is 7.04. The van der Waals surface area contributed by atoms with Gasteiger partial charge in [0.05, 0.1) is 12.3 Å². The van der Waals surface area contributed by atoms with Gasteiger partial charge >= 0.3 is 0 Å². The summed E-state index contributed by atoms with van der Waals surface area (Å²) in [6.07, 6.45) is 3.22. The van der Waals surface area contributed by atoms with Crippen LogP contribution in [0, 0.1) is 6.92 Å². The minimum Gasteiger partial charge on any atom is -0.383 e. The summed E-state index contributed by atoms with van der Waals surface area (Å²) in [6.45, 7) is 5.15. The Morgan fingerprint density at radius 3 is 2.78 bits per heavy atom. The maximum Gasteiger partial charge on any atom is 0.245 e. The number of nitrogens with zero attached hydrogens (tertiary/aromatic N) is 4. The van der Waals surface area contributed by atoms with E-state index in [1.807, 2.05) is 32.3 Å². The van der Waals surface area contributed by atoms with E-state index < -0.39 is 5.54 Å². The first kappa shape index (κ1) is 19.4. The van der Waals surface area contributed by atoms with Crippen molar-refractivity contribution in [3.05, 3.63) is 29.8 Å². The third kappa shape index (κ3) is 4.86. The van der Waals surface area contributed by atoms with Gasteiger partial charge in [0.25, 0.3) is 0 Å². The van der Waals surface area contributed by atoms with Crippen LogP contribution in [0.15, 0.2) is 22.9 Å². The summed E-state index contributed by atoms with van der Waals surface area (Å²) in [6, 6.07) is 3.83. The third-order valence-corrected chi connectivity index (χ3v) is 4.88. The molecule has 0 aromatic carbocycles. The lowest BCUT2D eigenvalue weighted by Gasteiger charge is -2.41. The second kappa shape index (κ2) is 8.53. The number of hydrogen-bond acceptors (Lipinski definition) is 7. The zero-order valence-electron chi connectivity index (χ0n) is 16.2. The van der Waals surface area contributed by atoms with E-state index in [0.29, 0.717) is 31.8 Å². The summed E-state index contributed by atoms with van der Waals surface area (Å²) in [4.78, 5) is 15.3. The number of hydrogen-bond donors (Lipinski definition) is 2. The molecule has 0 saturated carbocycles. The molecule has 0 bridgehead atoms. The number of piperidine rings is 1. The predicted molar refractivity (Wildman–Crippen MR) is 100 cm³/mol. The highest BCUT2D eigenvalue weighted by Crippen LogP contribution is 2.28. The van der Waals surface area contributed by atoms with Crippen molar-refractivity contribution in [2.45, 2.75) is 31.8 Å². The van der Waals surface area contributed by atoms with Crippen LogP contribution in [-0.2, 0) is 23.1 Å². The monoisotopic (exact) mass is 376 g/mol. The fourth-order valence-corrected chi connectivity index (χ4v) is 3.39. The summed E-state index contributed by atoms with van der Waals surface area (Å²) >= 11 is 0. The molecule has 1 fully saturated rings. The van der Waals surface area contributed by atoms with E-state index in [-0.39, 0.29) is 5.91 Å². The lowest BCUT2D eigenvalue weighted by molar-refractivity contribution is -0.127. The van der Waals surface area contributed by atoms with Crippen LogP contribution in [-0.4, -0.2) is 64.6 Å². The SMILES string of the molecule is COCCNC(=O)C1(Nc2ccn(C)n2)CCN(Cc2cc(C)on2)CC1. The number of likely N-dealkylation sites (tertiary alicyclic amines) is 1. The molecule has 1 saturated heterocycles. The van der Waals surface area contributed by atoms with Gasteiger partial charge in [-0.05, 0) is 19.8 Å². The minimum atomic E-state index is -0.682.